The van der Waals surface area contributed by atoms with Crippen molar-refractivity contribution in [3.8, 4) is 0 Å². The van der Waals surface area contributed by atoms with Crippen LogP contribution < -0.4 is 0 Å². The zero-order valence-corrected chi connectivity index (χ0v) is 12.2. The molecule has 0 radical (unpaired) electrons. The maximum absolute atomic E-state index is 13.2. The van der Waals surface area contributed by atoms with Crippen LogP contribution in [0.2, 0.25) is 0 Å². The molecule has 2 rings (SSSR count). The second-order valence-electron chi connectivity index (χ2n) is 6.12. The first-order valence-corrected chi connectivity index (χ1v) is 8.05. The average Bonchev–Trinajstić information content (AvgIpc) is 2.44. The SMILES string of the molecule is CCCCCCC1CCC(c2cccc(F)c2)CC1. The topological polar surface area (TPSA) is 0 Å². The highest BCUT2D eigenvalue weighted by molar-refractivity contribution is 5.21. The fraction of sp³-hybridized carbons (Fsp3) is 0.667. The Kier molecular flexibility index (Phi) is 5.88. The van der Waals surface area contributed by atoms with Gasteiger partial charge in [0, 0.05) is 0 Å². The molecule has 0 aromatic heterocycles. The van der Waals surface area contributed by atoms with E-state index >= 15 is 0 Å². The van der Waals surface area contributed by atoms with Gasteiger partial charge in [-0.25, -0.2) is 4.39 Å². The molecule has 0 spiro atoms. The molecule has 0 N–H and O–H groups in total. The van der Waals surface area contributed by atoms with E-state index in [0.717, 1.165) is 5.92 Å². The summed E-state index contributed by atoms with van der Waals surface area (Å²) < 4.78 is 13.2. The third-order valence-corrected chi connectivity index (χ3v) is 4.63. The normalized spacial score (nSPS) is 23.5. The smallest absolute Gasteiger partial charge is 0.123 e. The average molecular weight is 262 g/mol. The van der Waals surface area contributed by atoms with E-state index in [9.17, 15) is 4.39 Å². The Morgan fingerprint density at radius 2 is 1.84 bits per heavy atom. The Labute approximate surface area is 117 Å². The van der Waals surface area contributed by atoms with Gasteiger partial charge in [0.15, 0.2) is 0 Å². The maximum atomic E-state index is 13.2. The van der Waals surface area contributed by atoms with E-state index in [0.29, 0.717) is 5.92 Å². The van der Waals surface area contributed by atoms with Crippen LogP contribution in [0.1, 0.15) is 76.2 Å². The molecule has 1 aliphatic rings. The van der Waals surface area contributed by atoms with E-state index in [-0.39, 0.29) is 5.82 Å². The first-order chi connectivity index (χ1) is 9.29. The van der Waals surface area contributed by atoms with Crippen LogP contribution in [-0.4, -0.2) is 0 Å². The van der Waals surface area contributed by atoms with Crippen LogP contribution in [0.5, 0.6) is 0 Å². The van der Waals surface area contributed by atoms with Crippen LogP contribution >= 0.6 is 0 Å². The van der Waals surface area contributed by atoms with Crippen LogP contribution in [0.3, 0.4) is 0 Å². The lowest BCUT2D eigenvalue weighted by Crippen LogP contribution is -2.13. The lowest BCUT2D eigenvalue weighted by molar-refractivity contribution is 0.302. The number of unbranched alkanes of at least 4 members (excludes halogenated alkanes) is 3. The van der Waals surface area contributed by atoms with Gasteiger partial charge in [-0.2, -0.15) is 0 Å². The van der Waals surface area contributed by atoms with E-state index < -0.39 is 0 Å². The number of rotatable bonds is 6. The molecule has 0 atom stereocenters. The minimum absolute atomic E-state index is 0.0841. The van der Waals surface area contributed by atoms with Crippen LogP contribution in [-0.2, 0) is 0 Å². The van der Waals surface area contributed by atoms with E-state index in [1.165, 1.54) is 63.4 Å². The number of benzene rings is 1. The van der Waals surface area contributed by atoms with Crippen molar-refractivity contribution in [1.82, 2.24) is 0 Å². The molecule has 0 bridgehead atoms. The summed E-state index contributed by atoms with van der Waals surface area (Å²) in [6.45, 7) is 2.27. The van der Waals surface area contributed by atoms with Gasteiger partial charge in [-0.3, -0.25) is 0 Å². The van der Waals surface area contributed by atoms with Gasteiger partial charge in [-0.1, -0.05) is 51.2 Å². The predicted molar refractivity (Wildman–Crippen MR) is 79.9 cm³/mol. The number of hydrogen-bond acceptors (Lipinski definition) is 0. The Morgan fingerprint density at radius 1 is 1.05 bits per heavy atom. The molecular weight excluding hydrogens is 235 g/mol. The monoisotopic (exact) mass is 262 g/mol. The lowest BCUT2D eigenvalue weighted by atomic mass is 9.77. The molecule has 0 saturated heterocycles. The van der Waals surface area contributed by atoms with Crippen molar-refractivity contribution in [2.45, 2.75) is 70.6 Å². The summed E-state index contributed by atoms with van der Waals surface area (Å²) in [5.74, 6) is 1.45. The Balaban J connectivity index is 1.73. The van der Waals surface area contributed by atoms with Crippen molar-refractivity contribution in [2.24, 2.45) is 5.92 Å². The largest absolute Gasteiger partial charge is 0.207 e. The van der Waals surface area contributed by atoms with E-state index in [1.807, 2.05) is 6.07 Å². The molecular formula is C18H27F. The first-order valence-electron chi connectivity index (χ1n) is 8.05. The zero-order valence-electron chi connectivity index (χ0n) is 12.2. The van der Waals surface area contributed by atoms with Crippen LogP contribution in [0, 0.1) is 11.7 Å². The standard InChI is InChI=1S/C18H27F/c1-2-3-4-5-7-15-10-12-16(13-11-15)17-8-6-9-18(19)14-17/h6,8-9,14-16H,2-5,7,10-13H2,1H3. The van der Waals surface area contributed by atoms with Crippen LogP contribution in [0.15, 0.2) is 24.3 Å². The molecule has 19 heavy (non-hydrogen) atoms. The van der Waals surface area contributed by atoms with Crippen molar-refractivity contribution >= 4 is 0 Å². The molecule has 1 saturated carbocycles. The second kappa shape index (κ2) is 7.67. The van der Waals surface area contributed by atoms with E-state index in [1.54, 1.807) is 12.1 Å². The molecule has 0 unspecified atom stereocenters. The van der Waals surface area contributed by atoms with Gasteiger partial charge in [0.25, 0.3) is 0 Å². The first kappa shape index (κ1) is 14.6. The molecule has 1 aromatic rings. The molecule has 1 aromatic carbocycles. The van der Waals surface area contributed by atoms with Gasteiger partial charge in [0.1, 0.15) is 5.82 Å². The van der Waals surface area contributed by atoms with E-state index in [4.69, 9.17) is 0 Å². The quantitative estimate of drug-likeness (QED) is 0.546. The van der Waals surface area contributed by atoms with Crippen molar-refractivity contribution in [2.75, 3.05) is 0 Å². The van der Waals surface area contributed by atoms with Gasteiger partial charge in [0.2, 0.25) is 0 Å². The minimum Gasteiger partial charge on any atom is -0.207 e. The highest BCUT2D eigenvalue weighted by Gasteiger charge is 2.22. The molecule has 1 heteroatoms. The van der Waals surface area contributed by atoms with Gasteiger partial charge < -0.3 is 0 Å². The molecule has 1 aliphatic carbocycles. The molecule has 1 fully saturated rings. The molecule has 0 nitrogen and oxygen atoms in total. The predicted octanol–water partition coefficient (Wildman–Crippen LogP) is 6.07. The van der Waals surface area contributed by atoms with Gasteiger partial charge in [0.05, 0.1) is 0 Å². The van der Waals surface area contributed by atoms with Gasteiger partial charge in [-0.05, 0) is 55.2 Å². The van der Waals surface area contributed by atoms with Crippen LogP contribution in [0.25, 0.3) is 0 Å². The molecule has 0 heterocycles. The third-order valence-electron chi connectivity index (χ3n) is 4.63. The summed E-state index contributed by atoms with van der Waals surface area (Å²) in [7, 11) is 0. The van der Waals surface area contributed by atoms with Crippen LogP contribution in [0.4, 0.5) is 4.39 Å². The summed E-state index contributed by atoms with van der Waals surface area (Å²) in [5.41, 5.74) is 1.21. The summed E-state index contributed by atoms with van der Waals surface area (Å²) >= 11 is 0. The fourth-order valence-corrected chi connectivity index (χ4v) is 3.40. The molecule has 106 valence electrons. The van der Waals surface area contributed by atoms with Gasteiger partial charge in [-0.15, -0.1) is 0 Å². The minimum atomic E-state index is -0.0841. The Bertz CT molecular complexity index is 364. The fourth-order valence-electron chi connectivity index (χ4n) is 3.40. The summed E-state index contributed by atoms with van der Waals surface area (Å²) in [6, 6.07) is 7.21. The summed E-state index contributed by atoms with van der Waals surface area (Å²) in [6.07, 6.45) is 12.1. The third kappa shape index (κ3) is 4.63. The van der Waals surface area contributed by atoms with Crippen molar-refractivity contribution < 1.29 is 4.39 Å². The van der Waals surface area contributed by atoms with Crippen molar-refractivity contribution in [1.29, 1.82) is 0 Å². The zero-order chi connectivity index (χ0) is 13.5. The van der Waals surface area contributed by atoms with E-state index in [2.05, 4.69) is 13.0 Å². The molecule has 0 aliphatic heterocycles. The lowest BCUT2D eigenvalue weighted by Gasteiger charge is -2.28. The number of hydrogen-bond donors (Lipinski definition) is 0. The highest BCUT2D eigenvalue weighted by Crippen LogP contribution is 2.37. The highest BCUT2D eigenvalue weighted by atomic mass is 19.1. The van der Waals surface area contributed by atoms with Crippen molar-refractivity contribution in [3.05, 3.63) is 35.6 Å². The maximum Gasteiger partial charge on any atom is 0.123 e. The van der Waals surface area contributed by atoms with Gasteiger partial charge >= 0.3 is 0 Å². The second-order valence-corrected chi connectivity index (χ2v) is 6.12. The molecule has 0 amide bonds. The Morgan fingerprint density at radius 3 is 2.53 bits per heavy atom. The number of halogens is 1. The summed E-state index contributed by atoms with van der Waals surface area (Å²) in [4.78, 5) is 0. The Hall–Kier alpha value is -0.850. The summed E-state index contributed by atoms with van der Waals surface area (Å²) in [5, 5.41) is 0. The van der Waals surface area contributed by atoms with Crippen molar-refractivity contribution in [3.63, 3.8) is 0 Å².